The van der Waals surface area contributed by atoms with E-state index in [1.165, 1.54) is 0 Å². The summed E-state index contributed by atoms with van der Waals surface area (Å²) >= 11 is 0. The number of hydrogen-bond donors (Lipinski definition) is 5. The molecule has 0 radical (unpaired) electrons. The molecule has 0 bridgehead atoms. The van der Waals surface area contributed by atoms with Crippen LogP contribution < -0.4 is 21.9 Å². The van der Waals surface area contributed by atoms with Gasteiger partial charge in [-0.05, 0) is 24.3 Å². The number of rotatable bonds is 5. The summed E-state index contributed by atoms with van der Waals surface area (Å²) in [6.45, 7) is 6.08. The van der Waals surface area contributed by atoms with Crippen LogP contribution >= 0.6 is 0 Å². The number of hydrazine groups is 1. The Morgan fingerprint density at radius 3 is 2.58 bits per heavy atom. The summed E-state index contributed by atoms with van der Waals surface area (Å²) in [6.07, 6.45) is 0. The van der Waals surface area contributed by atoms with E-state index >= 15 is 0 Å². The zero-order valence-electron chi connectivity index (χ0n) is 11.1. The van der Waals surface area contributed by atoms with Crippen molar-refractivity contribution in [2.75, 3.05) is 44.7 Å². The molecule has 0 spiro atoms. The molecule has 0 unspecified atom stereocenters. The largest absolute Gasteiger partial charge is 0.369 e. The molecule has 0 aromatic heterocycles. The first-order chi connectivity index (χ1) is 9.29. The van der Waals surface area contributed by atoms with Crippen molar-refractivity contribution in [3.8, 4) is 0 Å². The lowest BCUT2D eigenvalue weighted by molar-refractivity contribution is 0.245. The third-order valence-corrected chi connectivity index (χ3v) is 3.28. The second-order valence-corrected chi connectivity index (χ2v) is 4.62. The van der Waals surface area contributed by atoms with Gasteiger partial charge in [-0.2, -0.15) is 0 Å². The van der Waals surface area contributed by atoms with Crippen LogP contribution in [0.4, 0.5) is 5.69 Å². The Morgan fingerprint density at radius 2 is 1.95 bits per heavy atom. The predicted octanol–water partition coefficient (Wildman–Crippen LogP) is -0.208. The van der Waals surface area contributed by atoms with E-state index in [4.69, 9.17) is 11.3 Å². The predicted molar refractivity (Wildman–Crippen MR) is 78.4 cm³/mol. The maximum atomic E-state index is 7.98. The summed E-state index contributed by atoms with van der Waals surface area (Å²) in [6, 6.07) is 7.49. The van der Waals surface area contributed by atoms with E-state index in [0.717, 1.165) is 50.5 Å². The van der Waals surface area contributed by atoms with Crippen molar-refractivity contribution in [2.24, 2.45) is 5.84 Å². The van der Waals surface area contributed by atoms with Gasteiger partial charge in [0.1, 0.15) is 5.84 Å². The second kappa shape index (κ2) is 7.08. The molecule has 1 aromatic carbocycles. The Balaban J connectivity index is 1.73. The van der Waals surface area contributed by atoms with E-state index < -0.39 is 0 Å². The van der Waals surface area contributed by atoms with Gasteiger partial charge in [-0.15, -0.1) is 0 Å². The molecular formula is C13H22N6. The molecule has 6 heteroatoms. The van der Waals surface area contributed by atoms with Crippen molar-refractivity contribution in [1.29, 1.82) is 5.41 Å². The first kappa shape index (κ1) is 13.8. The minimum Gasteiger partial charge on any atom is -0.369 e. The van der Waals surface area contributed by atoms with Crippen LogP contribution in [0.3, 0.4) is 0 Å². The molecule has 1 aliphatic heterocycles. The van der Waals surface area contributed by atoms with Crippen molar-refractivity contribution >= 4 is 11.5 Å². The standard InChI is InChI=1S/C13H22N6/c14-13(11-1-3-12(18-15)4-2-11)17-7-10-19-8-5-16-6-9-19/h1-4,16,18H,5-10,15H2,(H2,14,17). The molecule has 1 fully saturated rings. The van der Waals surface area contributed by atoms with Crippen LogP contribution in [-0.4, -0.2) is 50.0 Å². The number of nitrogen functional groups attached to an aromatic ring is 1. The van der Waals surface area contributed by atoms with Crippen LogP contribution in [-0.2, 0) is 0 Å². The van der Waals surface area contributed by atoms with E-state index in [1.807, 2.05) is 24.3 Å². The second-order valence-electron chi connectivity index (χ2n) is 4.62. The Bertz CT molecular complexity index is 396. The lowest BCUT2D eigenvalue weighted by Gasteiger charge is -2.27. The Hall–Kier alpha value is -1.63. The van der Waals surface area contributed by atoms with Gasteiger partial charge in [-0.25, -0.2) is 0 Å². The number of hydrogen-bond acceptors (Lipinski definition) is 5. The van der Waals surface area contributed by atoms with Gasteiger partial charge >= 0.3 is 0 Å². The van der Waals surface area contributed by atoms with Gasteiger partial charge in [0, 0.05) is 50.5 Å². The molecule has 1 aromatic rings. The van der Waals surface area contributed by atoms with Gasteiger partial charge < -0.3 is 16.1 Å². The summed E-state index contributed by atoms with van der Waals surface area (Å²) in [4.78, 5) is 2.40. The molecule has 0 atom stereocenters. The van der Waals surface area contributed by atoms with Gasteiger partial charge in [0.2, 0.25) is 0 Å². The summed E-state index contributed by atoms with van der Waals surface area (Å²) in [5.74, 6) is 5.77. The molecule has 104 valence electrons. The SMILES string of the molecule is N=C(NCCN1CCNCC1)c1ccc(NN)cc1. The fourth-order valence-corrected chi connectivity index (χ4v) is 2.11. The lowest BCUT2D eigenvalue weighted by atomic mass is 10.2. The van der Waals surface area contributed by atoms with Crippen LogP contribution in [0, 0.1) is 5.41 Å². The summed E-state index contributed by atoms with van der Waals surface area (Å²) < 4.78 is 0. The maximum absolute atomic E-state index is 7.98. The minimum atomic E-state index is 0.457. The molecule has 1 heterocycles. The van der Waals surface area contributed by atoms with E-state index in [-0.39, 0.29) is 0 Å². The monoisotopic (exact) mass is 262 g/mol. The maximum Gasteiger partial charge on any atom is 0.125 e. The minimum absolute atomic E-state index is 0.457. The molecule has 2 rings (SSSR count). The number of nitrogens with two attached hydrogens (primary N) is 1. The van der Waals surface area contributed by atoms with E-state index in [9.17, 15) is 0 Å². The molecule has 1 aliphatic rings. The summed E-state index contributed by atoms with van der Waals surface area (Å²) in [5.41, 5.74) is 4.29. The van der Waals surface area contributed by atoms with Gasteiger partial charge in [0.05, 0.1) is 0 Å². The highest BCUT2D eigenvalue weighted by Crippen LogP contribution is 2.07. The highest BCUT2D eigenvalue weighted by molar-refractivity contribution is 5.96. The first-order valence-corrected chi connectivity index (χ1v) is 6.62. The van der Waals surface area contributed by atoms with Crippen LogP contribution in [0.15, 0.2) is 24.3 Å². The van der Waals surface area contributed by atoms with Crippen LogP contribution in [0.25, 0.3) is 0 Å². The van der Waals surface area contributed by atoms with Crippen LogP contribution in [0.5, 0.6) is 0 Å². The molecule has 1 saturated heterocycles. The van der Waals surface area contributed by atoms with E-state index in [1.54, 1.807) is 0 Å². The van der Waals surface area contributed by atoms with Gasteiger partial charge in [0.25, 0.3) is 0 Å². The van der Waals surface area contributed by atoms with Gasteiger partial charge in [-0.3, -0.25) is 16.2 Å². The molecule has 19 heavy (non-hydrogen) atoms. The van der Waals surface area contributed by atoms with Crippen LogP contribution in [0.1, 0.15) is 5.56 Å². The Morgan fingerprint density at radius 1 is 1.26 bits per heavy atom. The van der Waals surface area contributed by atoms with E-state index in [2.05, 4.69) is 21.0 Å². The quantitative estimate of drug-likeness (QED) is 0.219. The molecule has 6 N–H and O–H groups in total. The van der Waals surface area contributed by atoms with Crippen LogP contribution in [0.2, 0.25) is 0 Å². The van der Waals surface area contributed by atoms with Gasteiger partial charge in [0.15, 0.2) is 0 Å². The average molecular weight is 262 g/mol. The smallest absolute Gasteiger partial charge is 0.125 e. The first-order valence-electron chi connectivity index (χ1n) is 6.62. The van der Waals surface area contributed by atoms with Crippen molar-refractivity contribution in [2.45, 2.75) is 0 Å². The molecule has 6 nitrogen and oxygen atoms in total. The molecule has 0 amide bonds. The number of amidine groups is 1. The number of nitrogens with zero attached hydrogens (tertiary/aromatic N) is 1. The third kappa shape index (κ3) is 4.20. The Kier molecular flexibility index (Phi) is 5.14. The fraction of sp³-hybridized carbons (Fsp3) is 0.462. The van der Waals surface area contributed by atoms with Gasteiger partial charge in [-0.1, -0.05) is 0 Å². The van der Waals surface area contributed by atoms with E-state index in [0.29, 0.717) is 5.84 Å². The number of benzene rings is 1. The van der Waals surface area contributed by atoms with Crippen molar-refractivity contribution in [1.82, 2.24) is 15.5 Å². The fourth-order valence-electron chi connectivity index (χ4n) is 2.11. The topological polar surface area (TPSA) is 89.2 Å². The highest BCUT2D eigenvalue weighted by atomic mass is 15.2. The average Bonchev–Trinajstić information content (AvgIpc) is 2.48. The zero-order valence-corrected chi connectivity index (χ0v) is 11.1. The number of anilines is 1. The summed E-state index contributed by atoms with van der Waals surface area (Å²) in [7, 11) is 0. The Labute approximate surface area is 113 Å². The number of nitrogens with one attached hydrogen (secondary N) is 4. The van der Waals surface area contributed by atoms with Crippen molar-refractivity contribution in [3.05, 3.63) is 29.8 Å². The van der Waals surface area contributed by atoms with Crippen molar-refractivity contribution in [3.63, 3.8) is 0 Å². The molecule has 0 saturated carbocycles. The number of piperazine rings is 1. The normalized spacial score (nSPS) is 16.1. The summed E-state index contributed by atoms with van der Waals surface area (Å²) in [5, 5.41) is 14.5. The lowest BCUT2D eigenvalue weighted by Crippen LogP contribution is -2.46. The van der Waals surface area contributed by atoms with Crippen molar-refractivity contribution < 1.29 is 0 Å². The highest BCUT2D eigenvalue weighted by Gasteiger charge is 2.08. The molecule has 0 aliphatic carbocycles. The molecular weight excluding hydrogens is 240 g/mol. The zero-order chi connectivity index (χ0) is 13.5. The third-order valence-electron chi connectivity index (χ3n) is 3.28.